The van der Waals surface area contributed by atoms with Gasteiger partial charge in [-0.2, -0.15) is 0 Å². The maximum atomic E-state index is 12.2. The number of nitrogens with one attached hydrogen (secondary N) is 1. The van der Waals surface area contributed by atoms with E-state index in [1.165, 1.54) is 0 Å². The fourth-order valence-corrected chi connectivity index (χ4v) is 4.05. The molecule has 0 aliphatic carbocycles. The highest BCUT2D eigenvalue weighted by atomic mass is 32.1. The van der Waals surface area contributed by atoms with Gasteiger partial charge in [-0.25, -0.2) is 0 Å². The van der Waals surface area contributed by atoms with Crippen molar-refractivity contribution in [1.29, 1.82) is 0 Å². The van der Waals surface area contributed by atoms with Gasteiger partial charge in [0.05, 0.1) is 4.88 Å². The molecule has 9 nitrogen and oxygen atoms in total. The molecular weight excluding hydrogens is 406 g/mol. The predicted molar refractivity (Wildman–Crippen MR) is 114 cm³/mol. The first-order valence-corrected chi connectivity index (χ1v) is 11.1. The summed E-state index contributed by atoms with van der Waals surface area (Å²) in [4.78, 5) is 28.5. The first-order valence-electron chi connectivity index (χ1n) is 10.2. The number of primary amides is 1. The van der Waals surface area contributed by atoms with Gasteiger partial charge in [0, 0.05) is 45.3 Å². The van der Waals surface area contributed by atoms with Crippen LogP contribution in [-0.4, -0.2) is 83.8 Å². The van der Waals surface area contributed by atoms with E-state index < -0.39 is 12.0 Å². The highest BCUT2D eigenvalue weighted by Gasteiger charge is 2.21. The van der Waals surface area contributed by atoms with Crippen molar-refractivity contribution in [3.63, 3.8) is 0 Å². The summed E-state index contributed by atoms with van der Waals surface area (Å²) in [6.07, 6.45) is 1.91. The molecule has 0 radical (unpaired) electrons. The van der Waals surface area contributed by atoms with Crippen molar-refractivity contribution in [2.24, 2.45) is 5.73 Å². The average Bonchev–Trinajstić information content (AvgIpc) is 3.43. The Morgan fingerprint density at radius 3 is 2.70 bits per heavy atom. The number of carbonyl (C=O) groups is 2. The molecule has 164 valence electrons. The zero-order valence-electron chi connectivity index (χ0n) is 17.0. The van der Waals surface area contributed by atoms with Crippen LogP contribution in [0.25, 0.3) is 10.6 Å². The van der Waals surface area contributed by atoms with Crippen molar-refractivity contribution in [2.45, 2.75) is 25.4 Å². The quantitative estimate of drug-likeness (QED) is 0.445. The number of thiophene rings is 1. The molecule has 30 heavy (non-hydrogen) atoms. The van der Waals surface area contributed by atoms with Crippen molar-refractivity contribution in [2.75, 3.05) is 45.8 Å². The molecular formula is C20H29N5O4S. The molecule has 1 fully saturated rings. The zero-order chi connectivity index (χ0) is 21.3. The van der Waals surface area contributed by atoms with Gasteiger partial charge in [0.15, 0.2) is 11.5 Å². The van der Waals surface area contributed by atoms with Gasteiger partial charge in [-0.05, 0) is 30.8 Å². The number of nitrogens with zero attached hydrogens (tertiary/aromatic N) is 3. The maximum absolute atomic E-state index is 12.2. The molecule has 2 aromatic heterocycles. The third-order valence-electron chi connectivity index (χ3n) is 5.17. The Hall–Kier alpha value is -2.27. The summed E-state index contributed by atoms with van der Waals surface area (Å²) in [6, 6.07) is 5.52. The van der Waals surface area contributed by atoms with E-state index in [1.54, 1.807) is 17.4 Å². The highest BCUT2D eigenvalue weighted by Crippen LogP contribution is 2.25. The Kier molecular flexibility index (Phi) is 8.38. The number of unbranched alkanes of at least 4 members (excludes halogenated alkanes) is 2. The van der Waals surface area contributed by atoms with E-state index in [1.807, 2.05) is 17.5 Å². The molecule has 4 N–H and O–H groups in total. The van der Waals surface area contributed by atoms with E-state index in [9.17, 15) is 14.7 Å². The van der Waals surface area contributed by atoms with Crippen LogP contribution in [0.15, 0.2) is 28.1 Å². The second-order valence-corrected chi connectivity index (χ2v) is 8.38. The summed E-state index contributed by atoms with van der Waals surface area (Å²) in [5, 5.41) is 18.2. The minimum absolute atomic E-state index is 0.212. The summed E-state index contributed by atoms with van der Waals surface area (Å²) < 4.78 is 5.24. The van der Waals surface area contributed by atoms with Crippen LogP contribution in [0.5, 0.6) is 0 Å². The monoisotopic (exact) mass is 435 g/mol. The summed E-state index contributed by atoms with van der Waals surface area (Å²) in [7, 11) is 0. The van der Waals surface area contributed by atoms with E-state index >= 15 is 0 Å². The van der Waals surface area contributed by atoms with Crippen LogP contribution in [-0.2, 0) is 4.79 Å². The summed E-state index contributed by atoms with van der Waals surface area (Å²) in [5.41, 5.74) is 5.40. The number of aliphatic hydroxyl groups excluding tert-OH is 1. The highest BCUT2D eigenvalue weighted by molar-refractivity contribution is 7.13. The van der Waals surface area contributed by atoms with Gasteiger partial charge < -0.3 is 25.6 Å². The summed E-state index contributed by atoms with van der Waals surface area (Å²) >= 11 is 1.54. The van der Waals surface area contributed by atoms with Crippen molar-refractivity contribution in [3.8, 4) is 10.6 Å². The predicted octanol–water partition coefficient (Wildman–Crippen LogP) is 0.767. The molecule has 10 heteroatoms. The van der Waals surface area contributed by atoms with Crippen molar-refractivity contribution in [3.05, 3.63) is 29.3 Å². The SMILES string of the molecule is NC(=O)C(O)CN1CCN(CCCCCNC(=O)c2cc(-c3cccs3)on2)CC1. The molecule has 0 saturated carbocycles. The molecule has 2 aromatic rings. The van der Waals surface area contributed by atoms with Gasteiger partial charge in [0.25, 0.3) is 5.91 Å². The molecule has 0 bridgehead atoms. The number of piperazine rings is 1. The molecule has 0 aromatic carbocycles. The Balaban J connectivity index is 1.24. The number of hydrogen-bond acceptors (Lipinski definition) is 8. The molecule has 1 unspecified atom stereocenters. The van der Waals surface area contributed by atoms with Crippen LogP contribution < -0.4 is 11.1 Å². The lowest BCUT2D eigenvalue weighted by Gasteiger charge is -2.35. The number of amides is 2. The van der Waals surface area contributed by atoms with Gasteiger partial charge in [-0.15, -0.1) is 11.3 Å². The van der Waals surface area contributed by atoms with Crippen LogP contribution in [0.2, 0.25) is 0 Å². The molecule has 2 amide bonds. The van der Waals surface area contributed by atoms with E-state index in [2.05, 4.69) is 20.3 Å². The van der Waals surface area contributed by atoms with Crippen LogP contribution in [0, 0.1) is 0 Å². The van der Waals surface area contributed by atoms with Gasteiger partial charge in [0.2, 0.25) is 5.91 Å². The minimum Gasteiger partial charge on any atom is -0.382 e. The Labute approximate surface area is 179 Å². The molecule has 1 atom stereocenters. The molecule has 0 spiro atoms. The van der Waals surface area contributed by atoms with Gasteiger partial charge in [-0.3, -0.25) is 14.5 Å². The Morgan fingerprint density at radius 1 is 1.23 bits per heavy atom. The Morgan fingerprint density at radius 2 is 2.00 bits per heavy atom. The molecule has 3 rings (SSSR count). The number of β-amino-alcohol motifs (C(OH)–C–C–N with tert-alkyl or cyclic N) is 1. The Bertz CT molecular complexity index is 802. The van der Waals surface area contributed by atoms with Gasteiger partial charge in [-0.1, -0.05) is 17.6 Å². The van der Waals surface area contributed by atoms with E-state index in [-0.39, 0.29) is 5.91 Å². The third-order valence-corrected chi connectivity index (χ3v) is 6.05. The lowest BCUT2D eigenvalue weighted by molar-refractivity contribution is -0.127. The largest absolute Gasteiger partial charge is 0.382 e. The third kappa shape index (κ3) is 6.63. The number of hydrogen-bond donors (Lipinski definition) is 3. The number of aliphatic hydroxyl groups is 1. The van der Waals surface area contributed by atoms with Crippen LogP contribution in [0.1, 0.15) is 29.8 Å². The topological polar surface area (TPSA) is 125 Å². The van der Waals surface area contributed by atoms with E-state index in [0.29, 0.717) is 24.5 Å². The van der Waals surface area contributed by atoms with Crippen LogP contribution >= 0.6 is 11.3 Å². The van der Waals surface area contributed by atoms with Crippen molar-refractivity contribution in [1.82, 2.24) is 20.3 Å². The fraction of sp³-hybridized carbons (Fsp3) is 0.550. The molecule has 1 aliphatic rings. The maximum Gasteiger partial charge on any atom is 0.273 e. The standard InChI is InChI=1S/C20H29N5O4S/c21-19(27)16(26)14-25-10-8-24(9-11-25)7-3-1-2-6-22-20(28)15-13-17(29-23-15)18-5-4-12-30-18/h4-5,12-13,16,26H,1-3,6-11,14H2,(H2,21,27)(H,22,28). The van der Waals surface area contributed by atoms with Gasteiger partial charge >= 0.3 is 0 Å². The lowest BCUT2D eigenvalue weighted by atomic mass is 10.2. The van der Waals surface area contributed by atoms with Crippen molar-refractivity contribution < 1.29 is 19.2 Å². The first-order chi connectivity index (χ1) is 14.5. The van der Waals surface area contributed by atoms with E-state index in [4.69, 9.17) is 10.3 Å². The second kappa shape index (κ2) is 11.2. The number of nitrogens with two attached hydrogens (primary N) is 1. The van der Waals surface area contributed by atoms with Gasteiger partial charge in [0.1, 0.15) is 6.10 Å². The zero-order valence-corrected chi connectivity index (χ0v) is 17.8. The lowest BCUT2D eigenvalue weighted by Crippen LogP contribution is -2.50. The first kappa shape index (κ1) is 22.4. The smallest absolute Gasteiger partial charge is 0.273 e. The van der Waals surface area contributed by atoms with E-state index in [0.717, 1.165) is 56.9 Å². The number of carbonyl (C=O) groups excluding carboxylic acids is 2. The minimum atomic E-state index is -1.09. The van der Waals surface area contributed by atoms with Crippen LogP contribution in [0.4, 0.5) is 0 Å². The summed E-state index contributed by atoms with van der Waals surface area (Å²) in [6.45, 7) is 5.41. The number of rotatable bonds is 11. The average molecular weight is 436 g/mol. The number of aromatic nitrogens is 1. The van der Waals surface area contributed by atoms with Crippen LogP contribution in [0.3, 0.4) is 0 Å². The van der Waals surface area contributed by atoms with Crippen molar-refractivity contribution >= 4 is 23.2 Å². The molecule has 1 saturated heterocycles. The molecule has 3 heterocycles. The summed E-state index contributed by atoms with van der Waals surface area (Å²) in [5.74, 6) is -0.272. The second-order valence-electron chi connectivity index (χ2n) is 7.43. The fourth-order valence-electron chi connectivity index (χ4n) is 3.38. The normalized spacial score (nSPS) is 16.4. The molecule has 1 aliphatic heterocycles.